The molecule has 2 aromatic rings. The van der Waals surface area contributed by atoms with Crippen LogP contribution in [0.15, 0.2) is 24.3 Å². The third kappa shape index (κ3) is 2.35. The predicted octanol–water partition coefficient (Wildman–Crippen LogP) is 4.07. The lowest BCUT2D eigenvalue weighted by molar-refractivity contribution is 0.284. The summed E-state index contributed by atoms with van der Waals surface area (Å²) in [5, 5.41) is 3.67. The summed E-state index contributed by atoms with van der Waals surface area (Å²) < 4.78 is 2.41. The van der Waals surface area contributed by atoms with E-state index in [1.54, 1.807) is 0 Å². The lowest BCUT2D eigenvalue weighted by Crippen LogP contribution is -2.33. The molecule has 1 N–H and O–H groups in total. The van der Waals surface area contributed by atoms with E-state index in [1.165, 1.54) is 30.6 Å². The number of aromatic nitrogens is 2. The molecule has 3 rings (SSSR count). The molecule has 0 saturated carbocycles. The van der Waals surface area contributed by atoms with Crippen LogP contribution in [0.1, 0.15) is 57.9 Å². The first kappa shape index (κ1) is 13.6. The number of nitrogens with one attached hydrogen (secondary N) is 1. The Labute approximate surface area is 121 Å². The topological polar surface area (TPSA) is 29.9 Å². The molecule has 108 valence electrons. The Kier molecular flexibility index (Phi) is 3.79. The van der Waals surface area contributed by atoms with Gasteiger partial charge in [0, 0.05) is 6.04 Å². The minimum Gasteiger partial charge on any atom is -0.324 e. The maximum absolute atomic E-state index is 4.93. The minimum absolute atomic E-state index is 0.406. The summed E-state index contributed by atoms with van der Waals surface area (Å²) in [5.41, 5.74) is 2.38. The molecule has 1 saturated heterocycles. The van der Waals surface area contributed by atoms with Crippen molar-refractivity contribution in [3.63, 3.8) is 0 Å². The molecule has 0 bridgehead atoms. The van der Waals surface area contributed by atoms with Crippen molar-refractivity contribution in [3.05, 3.63) is 30.1 Å². The van der Waals surface area contributed by atoms with Crippen molar-refractivity contribution in [2.75, 3.05) is 6.54 Å². The van der Waals surface area contributed by atoms with Gasteiger partial charge in [0.05, 0.1) is 17.1 Å². The van der Waals surface area contributed by atoms with Crippen LogP contribution in [0.4, 0.5) is 0 Å². The fraction of sp³-hybridized carbons (Fsp3) is 0.588. The molecule has 20 heavy (non-hydrogen) atoms. The molecule has 0 spiro atoms. The highest BCUT2D eigenvalue weighted by Gasteiger charge is 2.26. The second-order valence-corrected chi connectivity index (χ2v) is 6.23. The summed E-state index contributed by atoms with van der Waals surface area (Å²) in [6, 6.07) is 9.34. The molecule has 0 radical (unpaired) electrons. The second-order valence-electron chi connectivity index (χ2n) is 6.23. The van der Waals surface area contributed by atoms with Gasteiger partial charge in [-0.05, 0) is 51.3 Å². The molecule has 1 aliphatic heterocycles. The van der Waals surface area contributed by atoms with Gasteiger partial charge in [0.2, 0.25) is 0 Å². The van der Waals surface area contributed by atoms with Crippen LogP contribution in [0.5, 0.6) is 0 Å². The molecule has 0 amide bonds. The number of hydrogen-bond acceptors (Lipinski definition) is 2. The summed E-state index contributed by atoms with van der Waals surface area (Å²) in [5.74, 6) is 2.06. The van der Waals surface area contributed by atoms with Gasteiger partial charge in [-0.3, -0.25) is 0 Å². The summed E-state index contributed by atoms with van der Waals surface area (Å²) in [6.45, 7) is 7.92. The van der Waals surface area contributed by atoms with Crippen molar-refractivity contribution in [1.82, 2.24) is 14.9 Å². The first-order valence-electron chi connectivity index (χ1n) is 7.91. The summed E-state index contributed by atoms with van der Waals surface area (Å²) >= 11 is 0. The van der Waals surface area contributed by atoms with Crippen LogP contribution < -0.4 is 5.32 Å². The number of nitrogens with zero attached hydrogens (tertiary/aromatic N) is 2. The zero-order chi connectivity index (χ0) is 14.1. The van der Waals surface area contributed by atoms with Gasteiger partial charge in [-0.15, -0.1) is 0 Å². The monoisotopic (exact) mass is 271 g/mol. The van der Waals surface area contributed by atoms with E-state index in [-0.39, 0.29) is 0 Å². The van der Waals surface area contributed by atoms with E-state index in [0.717, 1.165) is 18.0 Å². The van der Waals surface area contributed by atoms with E-state index in [0.29, 0.717) is 12.1 Å². The average molecular weight is 271 g/mol. The Morgan fingerprint density at radius 2 is 2.15 bits per heavy atom. The lowest BCUT2D eigenvalue weighted by Gasteiger charge is -2.30. The number of rotatable bonds is 3. The molecule has 2 atom stereocenters. The number of imidazole rings is 1. The van der Waals surface area contributed by atoms with Gasteiger partial charge in [0.15, 0.2) is 0 Å². The Hall–Kier alpha value is -1.35. The van der Waals surface area contributed by atoms with E-state index in [1.807, 2.05) is 0 Å². The van der Waals surface area contributed by atoms with Gasteiger partial charge in [-0.2, -0.15) is 0 Å². The van der Waals surface area contributed by atoms with Gasteiger partial charge < -0.3 is 9.88 Å². The van der Waals surface area contributed by atoms with Gasteiger partial charge in [0.25, 0.3) is 0 Å². The number of para-hydroxylation sites is 2. The van der Waals surface area contributed by atoms with Crippen molar-refractivity contribution in [1.29, 1.82) is 0 Å². The van der Waals surface area contributed by atoms with Gasteiger partial charge in [-0.25, -0.2) is 4.98 Å². The molecule has 2 heterocycles. The Morgan fingerprint density at radius 1 is 1.35 bits per heavy atom. The van der Waals surface area contributed by atoms with E-state index in [9.17, 15) is 0 Å². The van der Waals surface area contributed by atoms with E-state index >= 15 is 0 Å². The van der Waals surface area contributed by atoms with Crippen molar-refractivity contribution in [3.8, 4) is 0 Å². The molecule has 1 aromatic heterocycles. The predicted molar refractivity (Wildman–Crippen MR) is 83.9 cm³/mol. The zero-order valence-corrected chi connectivity index (χ0v) is 12.8. The molecule has 2 unspecified atom stereocenters. The Balaban J connectivity index is 2.03. The third-order valence-electron chi connectivity index (χ3n) is 4.54. The highest BCUT2D eigenvalue weighted by Crippen LogP contribution is 2.32. The number of piperidine rings is 1. The fourth-order valence-corrected chi connectivity index (χ4v) is 3.42. The molecule has 3 nitrogen and oxygen atoms in total. The highest BCUT2D eigenvalue weighted by atomic mass is 15.1. The normalized spacial score (nSPS) is 23.6. The smallest absolute Gasteiger partial charge is 0.127 e. The average Bonchev–Trinajstić information content (AvgIpc) is 2.87. The van der Waals surface area contributed by atoms with Crippen LogP contribution in [-0.4, -0.2) is 16.1 Å². The van der Waals surface area contributed by atoms with Crippen molar-refractivity contribution in [2.45, 2.75) is 52.1 Å². The quantitative estimate of drug-likeness (QED) is 0.912. The number of benzene rings is 1. The van der Waals surface area contributed by atoms with E-state index < -0.39 is 0 Å². The summed E-state index contributed by atoms with van der Waals surface area (Å²) in [4.78, 5) is 4.93. The Bertz CT molecular complexity index is 585. The van der Waals surface area contributed by atoms with E-state index in [2.05, 4.69) is 54.9 Å². The summed E-state index contributed by atoms with van der Waals surface area (Å²) in [6.07, 6.45) is 3.79. The van der Waals surface area contributed by atoms with Crippen LogP contribution in [0.3, 0.4) is 0 Å². The van der Waals surface area contributed by atoms with Gasteiger partial charge >= 0.3 is 0 Å². The molecular formula is C17H25N3. The molecule has 3 heteroatoms. The van der Waals surface area contributed by atoms with Gasteiger partial charge in [-0.1, -0.05) is 25.5 Å². The van der Waals surface area contributed by atoms with Crippen LogP contribution in [0, 0.1) is 5.92 Å². The number of hydrogen-bond donors (Lipinski definition) is 1. The molecule has 1 aromatic carbocycles. The van der Waals surface area contributed by atoms with Crippen molar-refractivity contribution in [2.24, 2.45) is 5.92 Å². The second kappa shape index (κ2) is 5.57. The zero-order valence-electron chi connectivity index (χ0n) is 12.8. The highest BCUT2D eigenvalue weighted by molar-refractivity contribution is 5.76. The standard InChI is InChI=1S/C17H25N3/c1-4-13-9-10-18-15(11-13)17-19-14-7-5-6-8-16(14)20(17)12(2)3/h5-8,12-13,15,18H,4,9-11H2,1-3H3. The molecule has 1 fully saturated rings. The fourth-order valence-electron chi connectivity index (χ4n) is 3.42. The first-order chi connectivity index (χ1) is 9.70. The number of fused-ring (bicyclic) bond motifs is 1. The first-order valence-corrected chi connectivity index (χ1v) is 7.91. The van der Waals surface area contributed by atoms with Gasteiger partial charge in [0.1, 0.15) is 5.82 Å². The van der Waals surface area contributed by atoms with Crippen LogP contribution >= 0.6 is 0 Å². The maximum Gasteiger partial charge on any atom is 0.127 e. The Morgan fingerprint density at radius 3 is 2.90 bits per heavy atom. The van der Waals surface area contributed by atoms with Crippen LogP contribution in [0.2, 0.25) is 0 Å². The maximum atomic E-state index is 4.93. The summed E-state index contributed by atoms with van der Waals surface area (Å²) in [7, 11) is 0. The SMILES string of the molecule is CCC1CCNC(c2nc3ccccc3n2C(C)C)C1. The molecular weight excluding hydrogens is 246 g/mol. The molecule has 0 aliphatic carbocycles. The minimum atomic E-state index is 0.406. The van der Waals surface area contributed by atoms with Crippen molar-refractivity contribution >= 4 is 11.0 Å². The molecule has 1 aliphatic rings. The van der Waals surface area contributed by atoms with Crippen LogP contribution in [-0.2, 0) is 0 Å². The third-order valence-corrected chi connectivity index (χ3v) is 4.54. The van der Waals surface area contributed by atoms with Crippen molar-refractivity contribution < 1.29 is 0 Å². The van der Waals surface area contributed by atoms with E-state index in [4.69, 9.17) is 4.98 Å². The largest absolute Gasteiger partial charge is 0.324 e. The van der Waals surface area contributed by atoms with Crippen LogP contribution in [0.25, 0.3) is 11.0 Å². The lowest BCUT2D eigenvalue weighted by atomic mass is 9.90.